The molecule has 0 unspecified atom stereocenters. The van der Waals surface area contributed by atoms with Crippen molar-refractivity contribution in [2.24, 2.45) is 0 Å². The number of carbonyl (C=O) groups excluding carboxylic acids is 1. The van der Waals surface area contributed by atoms with Gasteiger partial charge < -0.3 is 10.3 Å². The summed E-state index contributed by atoms with van der Waals surface area (Å²) in [5.41, 5.74) is 1.58. The number of benzene rings is 1. The molecule has 0 aliphatic carbocycles. The van der Waals surface area contributed by atoms with Crippen LogP contribution in [-0.4, -0.2) is 20.9 Å². The van der Waals surface area contributed by atoms with E-state index in [0.717, 1.165) is 16.9 Å². The second-order valence-corrected chi connectivity index (χ2v) is 5.02. The molecule has 104 valence electrons. The van der Waals surface area contributed by atoms with Gasteiger partial charge in [-0.25, -0.2) is 9.97 Å². The number of thiazole rings is 1. The fourth-order valence-corrected chi connectivity index (χ4v) is 2.28. The zero-order valence-electron chi connectivity index (χ0n) is 10.7. The Labute approximate surface area is 123 Å². The predicted octanol–water partition coefficient (Wildman–Crippen LogP) is 2.15. The van der Waals surface area contributed by atoms with E-state index in [0.29, 0.717) is 11.5 Å². The Morgan fingerprint density at radius 3 is 2.48 bits per heavy atom. The molecule has 0 aliphatic rings. The van der Waals surface area contributed by atoms with Gasteiger partial charge in [-0.05, 0) is 0 Å². The van der Waals surface area contributed by atoms with Gasteiger partial charge in [-0.2, -0.15) is 0 Å². The maximum Gasteiger partial charge on any atom is 0.305 e. The van der Waals surface area contributed by atoms with E-state index in [9.17, 15) is 9.59 Å². The first-order valence-electron chi connectivity index (χ1n) is 6.09. The molecule has 2 aromatic heterocycles. The Morgan fingerprint density at radius 1 is 1.14 bits per heavy atom. The summed E-state index contributed by atoms with van der Waals surface area (Å²) in [4.78, 5) is 33.4. The predicted molar refractivity (Wildman–Crippen MR) is 80.4 cm³/mol. The SMILES string of the molecule is O=C(Nc1cnc(-c2ccccc2)nc1)c1csc(=O)[nH]1. The number of aromatic amines is 1. The second kappa shape index (κ2) is 5.68. The molecule has 0 aliphatic heterocycles. The largest absolute Gasteiger partial charge is 0.318 e. The summed E-state index contributed by atoms with van der Waals surface area (Å²) in [7, 11) is 0. The molecule has 21 heavy (non-hydrogen) atoms. The van der Waals surface area contributed by atoms with E-state index in [-0.39, 0.29) is 10.6 Å². The summed E-state index contributed by atoms with van der Waals surface area (Å²) >= 11 is 0.940. The molecule has 3 aromatic rings. The van der Waals surface area contributed by atoms with Gasteiger partial charge in [0.25, 0.3) is 5.91 Å². The van der Waals surface area contributed by atoms with Crippen molar-refractivity contribution < 1.29 is 4.79 Å². The number of nitrogens with one attached hydrogen (secondary N) is 2. The highest BCUT2D eigenvalue weighted by Crippen LogP contribution is 2.15. The molecule has 0 radical (unpaired) electrons. The van der Waals surface area contributed by atoms with Crippen molar-refractivity contribution in [3.63, 3.8) is 0 Å². The molecular weight excluding hydrogens is 288 g/mol. The summed E-state index contributed by atoms with van der Waals surface area (Å²) in [6.45, 7) is 0. The fourth-order valence-electron chi connectivity index (χ4n) is 1.72. The lowest BCUT2D eigenvalue weighted by Gasteiger charge is -2.04. The topological polar surface area (TPSA) is 87.7 Å². The zero-order chi connectivity index (χ0) is 14.7. The molecule has 0 saturated heterocycles. The van der Waals surface area contributed by atoms with Crippen LogP contribution >= 0.6 is 11.3 Å². The van der Waals surface area contributed by atoms with E-state index in [1.165, 1.54) is 17.8 Å². The average molecular weight is 298 g/mol. The van der Waals surface area contributed by atoms with Gasteiger partial charge in [-0.15, -0.1) is 0 Å². The van der Waals surface area contributed by atoms with Crippen LogP contribution in [0.4, 0.5) is 5.69 Å². The minimum Gasteiger partial charge on any atom is -0.318 e. The lowest BCUT2D eigenvalue weighted by atomic mass is 10.2. The lowest BCUT2D eigenvalue weighted by Crippen LogP contribution is -2.14. The Morgan fingerprint density at radius 2 is 1.86 bits per heavy atom. The van der Waals surface area contributed by atoms with Crippen LogP contribution in [0, 0.1) is 0 Å². The van der Waals surface area contributed by atoms with E-state index in [1.54, 1.807) is 0 Å². The number of H-pyrrole nitrogens is 1. The lowest BCUT2D eigenvalue weighted by molar-refractivity contribution is 0.102. The van der Waals surface area contributed by atoms with E-state index in [4.69, 9.17) is 0 Å². The maximum absolute atomic E-state index is 11.9. The highest BCUT2D eigenvalue weighted by atomic mass is 32.1. The van der Waals surface area contributed by atoms with Gasteiger partial charge in [0, 0.05) is 10.9 Å². The Hall–Kier alpha value is -2.80. The molecule has 6 nitrogen and oxygen atoms in total. The first-order valence-corrected chi connectivity index (χ1v) is 6.97. The van der Waals surface area contributed by atoms with E-state index in [1.807, 2.05) is 30.3 Å². The highest BCUT2D eigenvalue weighted by molar-refractivity contribution is 7.07. The summed E-state index contributed by atoms with van der Waals surface area (Å²) < 4.78 is 0. The molecule has 2 heterocycles. The van der Waals surface area contributed by atoms with Gasteiger partial charge in [0.1, 0.15) is 5.69 Å². The Balaban J connectivity index is 1.76. The van der Waals surface area contributed by atoms with Gasteiger partial charge in [-0.3, -0.25) is 9.59 Å². The Bertz CT molecular complexity index is 809. The minimum absolute atomic E-state index is 0.220. The fraction of sp³-hybridized carbons (Fsp3) is 0. The smallest absolute Gasteiger partial charge is 0.305 e. The minimum atomic E-state index is -0.399. The van der Waals surface area contributed by atoms with Gasteiger partial charge in [0.05, 0.1) is 18.1 Å². The van der Waals surface area contributed by atoms with Crippen molar-refractivity contribution >= 4 is 22.9 Å². The summed E-state index contributed by atoms with van der Waals surface area (Å²) in [6.07, 6.45) is 3.05. The molecule has 0 saturated carbocycles. The average Bonchev–Trinajstić information content (AvgIpc) is 2.96. The summed E-state index contributed by atoms with van der Waals surface area (Å²) in [6, 6.07) is 9.54. The normalized spacial score (nSPS) is 10.3. The van der Waals surface area contributed by atoms with Gasteiger partial charge in [0.2, 0.25) is 0 Å². The number of nitrogens with zero attached hydrogens (tertiary/aromatic N) is 2. The molecule has 0 bridgehead atoms. The molecule has 3 rings (SSSR count). The van der Waals surface area contributed by atoms with Crippen molar-refractivity contribution in [3.8, 4) is 11.4 Å². The van der Waals surface area contributed by atoms with Crippen molar-refractivity contribution in [2.75, 3.05) is 5.32 Å². The molecule has 7 heteroatoms. The van der Waals surface area contributed by atoms with Gasteiger partial charge in [0.15, 0.2) is 5.82 Å². The van der Waals surface area contributed by atoms with Crippen LogP contribution in [0.5, 0.6) is 0 Å². The number of hydrogen-bond donors (Lipinski definition) is 2. The van der Waals surface area contributed by atoms with Crippen molar-refractivity contribution in [3.05, 3.63) is 63.5 Å². The highest BCUT2D eigenvalue weighted by Gasteiger charge is 2.09. The molecule has 1 aromatic carbocycles. The van der Waals surface area contributed by atoms with Gasteiger partial charge >= 0.3 is 4.87 Å². The third kappa shape index (κ3) is 3.03. The molecule has 0 fully saturated rings. The third-order valence-electron chi connectivity index (χ3n) is 2.71. The number of anilines is 1. The van der Waals surface area contributed by atoms with E-state index >= 15 is 0 Å². The number of aromatic nitrogens is 3. The first-order chi connectivity index (χ1) is 10.2. The van der Waals surface area contributed by atoms with Crippen molar-refractivity contribution in [1.82, 2.24) is 15.0 Å². The van der Waals surface area contributed by atoms with Crippen LogP contribution in [-0.2, 0) is 0 Å². The van der Waals surface area contributed by atoms with Crippen molar-refractivity contribution in [1.29, 1.82) is 0 Å². The van der Waals surface area contributed by atoms with E-state index < -0.39 is 5.91 Å². The quantitative estimate of drug-likeness (QED) is 0.775. The number of rotatable bonds is 3. The molecular formula is C14H10N4O2S. The van der Waals surface area contributed by atoms with Crippen LogP contribution < -0.4 is 10.2 Å². The number of amides is 1. The summed E-state index contributed by atoms with van der Waals surface area (Å²) in [5.74, 6) is 0.182. The van der Waals surface area contributed by atoms with Crippen molar-refractivity contribution in [2.45, 2.75) is 0 Å². The number of carbonyl (C=O) groups is 1. The number of hydrogen-bond acceptors (Lipinski definition) is 5. The first kappa shape index (κ1) is 13.2. The Kier molecular flexibility index (Phi) is 3.57. The van der Waals surface area contributed by atoms with E-state index in [2.05, 4.69) is 20.3 Å². The third-order valence-corrected chi connectivity index (χ3v) is 3.38. The van der Waals surface area contributed by atoms with Crippen LogP contribution in [0.3, 0.4) is 0 Å². The second-order valence-electron chi connectivity index (χ2n) is 4.18. The molecule has 0 atom stereocenters. The molecule has 1 amide bonds. The molecule has 2 N–H and O–H groups in total. The monoisotopic (exact) mass is 298 g/mol. The maximum atomic E-state index is 11.9. The standard InChI is InChI=1S/C14H10N4O2S/c19-13(11-8-21-14(20)18-11)17-10-6-15-12(16-7-10)9-4-2-1-3-5-9/h1-8H,(H,17,19)(H,18,20). The molecule has 0 spiro atoms. The van der Waals surface area contributed by atoms with Crippen LogP contribution in [0.25, 0.3) is 11.4 Å². The van der Waals surface area contributed by atoms with Crippen LogP contribution in [0.15, 0.2) is 52.9 Å². The van der Waals surface area contributed by atoms with Crippen LogP contribution in [0.1, 0.15) is 10.5 Å². The van der Waals surface area contributed by atoms with Crippen LogP contribution in [0.2, 0.25) is 0 Å². The zero-order valence-corrected chi connectivity index (χ0v) is 11.6. The summed E-state index contributed by atoms with van der Waals surface area (Å²) in [5, 5.41) is 4.09. The van der Waals surface area contributed by atoms with Gasteiger partial charge in [-0.1, -0.05) is 41.7 Å².